The van der Waals surface area contributed by atoms with Gasteiger partial charge in [0.15, 0.2) is 9.84 Å². The molecule has 0 aliphatic heterocycles. The van der Waals surface area contributed by atoms with Gasteiger partial charge in [-0.05, 0) is 38.1 Å². The highest BCUT2D eigenvalue weighted by molar-refractivity contribution is 7.90. The summed E-state index contributed by atoms with van der Waals surface area (Å²) < 4.78 is 22.6. The molecular weight excluding hydrogens is 296 g/mol. The fourth-order valence-electron chi connectivity index (χ4n) is 1.62. The van der Waals surface area contributed by atoms with E-state index in [1.165, 1.54) is 24.3 Å². The molecule has 1 rings (SSSR count). The minimum absolute atomic E-state index is 0.145. The van der Waals surface area contributed by atoms with Crippen molar-refractivity contribution >= 4 is 27.5 Å². The fourth-order valence-corrected chi connectivity index (χ4v) is 2.25. The third-order valence-electron chi connectivity index (χ3n) is 2.72. The Kier molecular flexibility index (Phi) is 5.31. The first kappa shape index (κ1) is 17.0. The molecule has 0 radical (unpaired) electrons. The number of amides is 2. The van der Waals surface area contributed by atoms with Crippen molar-refractivity contribution in [2.45, 2.75) is 24.8 Å². The number of benzene rings is 1. The van der Waals surface area contributed by atoms with E-state index < -0.39 is 28.4 Å². The van der Waals surface area contributed by atoms with Crippen LogP contribution >= 0.6 is 0 Å². The Morgan fingerprint density at radius 2 is 1.76 bits per heavy atom. The van der Waals surface area contributed by atoms with E-state index in [0.717, 1.165) is 11.2 Å². The van der Waals surface area contributed by atoms with Crippen LogP contribution in [0.2, 0.25) is 0 Å². The van der Waals surface area contributed by atoms with Gasteiger partial charge in [-0.3, -0.25) is 4.79 Å². The first-order chi connectivity index (χ1) is 9.61. The van der Waals surface area contributed by atoms with Gasteiger partial charge in [-0.1, -0.05) is 0 Å². The number of aliphatic carboxylic acids is 1. The maximum absolute atomic E-state index is 12.0. The molecule has 0 atom stereocenters. The lowest BCUT2D eigenvalue weighted by molar-refractivity contribution is -0.137. The predicted molar refractivity (Wildman–Crippen MR) is 78.0 cm³/mol. The number of hydrogen-bond acceptors (Lipinski definition) is 4. The zero-order valence-corrected chi connectivity index (χ0v) is 12.8. The second-order valence-corrected chi connectivity index (χ2v) is 6.86. The van der Waals surface area contributed by atoms with Gasteiger partial charge >= 0.3 is 12.0 Å². The molecule has 0 aliphatic rings. The molecule has 0 fully saturated rings. The number of sulfone groups is 1. The number of carboxylic acid groups (broad SMARTS) is 1. The van der Waals surface area contributed by atoms with Crippen molar-refractivity contribution in [1.29, 1.82) is 0 Å². The minimum Gasteiger partial charge on any atom is -0.480 e. The van der Waals surface area contributed by atoms with Gasteiger partial charge in [0.25, 0.3) is 0 Å². The number of rotatable bonds is 5. The van der Waals surface area contributed by atoms with Crippen molar-refractivity contribution in [1.82, 2.24) is 4.90 Å². The quantitative estimate of drug-likeness (QED) is 0.855. The summed E-state index contributed by atoms with van der Waals surface area (Å²) in [5, 5.41) is 11.3. The topological polar surface area (TPSA) is 104 Å². The fraction of sp³-hybridized carbons (Fsp3) is 0.385. The normalized spacial score (nSPS) is 11.2. The van der Waals surface area contributed by atoms with Gasteiger partial charge in [0.05, 0.1) is 4.90 Å². The molecule has 0 unspecified atom stereocenters. The van der Waals surface area contributed by atoms with Gasteiger partial charge in [-0.25, -0.2) is 13.2 Å². The molecule has 7 nitrogen and oxygen atoms in total. The van der Waals surface area contributed by atoms with E-state index in [1.54, 1.807) is 13.8 Å². The maximum Gasteiger partial charge on any atom is 0.323 e. The average molecular weight is 314 g/mol. The van der Waals surface area contributed by atoms with Crippen LogP contribution in [0.3, 0.4) is 0 Å². The van der Waals surface area contributed by atoms with Crippen molar-refractivity contribution in [3.63, 3.8) is 0 Å². The van der Waals surface area contributed by atoms with E-state index in [-0.39, 0.29) is 10.9 Å². The molecule has 8 heteroatoms. The molecule has 1 aromatic rings. The van der Waals surface area contributed by atoms with Crippen LogP contribution in [0, 0.1) is 0 Å². The van der Waals surface area contributed by atoms with Crippen molar-refractivity contribution in [3.8, 4) is 0 Å². The van der Waals surface area contributed by atoms with Crippen LogP contribution in [-0.2, 0) is 14.6 Å². The average Bonchev–Trinajstić information content (AvgIpc) is 2.34. The Morgan fingerprint density at radius 3 is 2.14 bits per heavy atom. The lowest BCUT2D eigenvalue weighted by Gasteiger charge is -2.25. The van der Waals surface area contributed by atoms with E-state index in [1.807, 2.05) is 0 Å². The molecule has 0 saturated heterocycles. The van der Waals surface area contributed by atoms with Crippen LogP contribution in [0.5, 0.6) is 0 Å². The summed E-state index contributed by atoms with van der Waals surface area (Å²) in [4.78, 5) is 24.0. The second-order valence-electron chi connectivity index (χ2n) is 4.84. The van der Waals surface area contributed by atoms with Crippen LogP contribution in [0.1, 0.15) is 13.8 Å². The summed E-state index contributed by atoms with van der Waals surface area (Å²) in [6, 6.07) is 4.82. The van der Waals surface area contributed by atoms with Gasteiger partial charge in [0.1, 0.15) is 6.54 Å². The highest BCUT2D eigenvalue weighted by atomic mass is 32.2. The number of hydrogen-bond donors (Lipinski definition) is 2. The molecule has 1 aromatic carbocycles. The standard InChI is InChI=1S/C13H18N2O5S/c1-9(2)15(8-12(16)17)13(18)14-10-4-6-11(7-5-10)21(3,19)20/h4-7,9H,8H2,1-3H3,(H,14,18)(H,16,17). The number of urea groups is 1. The molecule has 116 valence electrons. The lowest BCUT2D eigenvalue weighted by Crippen LogP contribution is -2.43. The third kappa shape index (κ3) is 5.07. The zero-order valence-electron chi connectivity index (χ0n) is 12.0. The van der Waals surface area contributed by atoms with Crippen LogP contribution in [0.15, 0.2) is 29.2 Å². The summed E-state index contributed by atoms with van der Waals surface area (Å²) in [6.45, 7) is 3.00. The number of carboxylic acids is 1. The lowest BCUT2D eigenvalue weighted by atomic mass is 10.3. The van der Waals surface area contributed by atoms with E-state index >= 15 is 0 Å². The van der Waals surface area contributed by atoms with Crippen molar-refractivity contribution < 1.29 is 23.1 Å². The minimum atomic E-state index is -3.29. The molecule has 0 spiro atoms. The van der Waals surface area contributed by atoms with Crippen molar-refractivity contribution in [3.05, 3.63) is 24.3 Å². The summed E-state index contributed by atoms with van der Waals surface area (Å²) in [6.07, 6.45) is 1.09. The summed E-state index contributed by atoms with van der Waals surface area (Å²) in [7, 11) is -3.29. The number of nitrogens with zero attached hydrogens (tertiary/aromatic N) is 1. The van der Waals surface area contributed by atoms with Gasteiger partial charge in [0.2, 0.25) is 0 Å². The van der Waals surface area contributed by atoms with E-state index in [4.69, 9.17) is 5.11 Å². The second kappa shape index (κ2) is 6.57. The zero-order chi connectivity index (χ0) is 16.2. The molecule has 21 heavy (non-hydrogen) atoms. The van der Waals surface area contributed by atoms with Gasteiger partial charge < -0.3 is 15.3 Å². The molecule has 2 amide bonds. The molecule has 2 N–H and O–H groups in total. The first-order valence-corrected chi connectivity index (χ1v) is 8.10. The Labute approximate surface area is 123 Å². The van der Waals surface area contributed by atoms with Crippen LogP contribution in [-0.4, -0.2) is 49.3 Å². The summed E-state index contributed by atoms with van der Waals surface area (Å²) in [5.74, 6) is -1.11. The molecule has 0 saturated carbocycles. The number of anilines is 1. The van der Waals surface area contributed by atoms with E-state index in [9.17, 15) is 18.0 Å². The third-order valence-corrected chi connectivity index (χ3v) is 3.85. The predicted octanol–water partition coefficient (Wildman–Crippen LogP) is 1.42. The monoisotopic (exact) mass is 314 g/mol. The van der Waals surface area contributed by atoms with E-state index in [0.29, 0.717) is 5.69 Å². The summed E-state index contributed by atoms with van der Waals surface area (Å²) in [5.41, 5.74) is 0.392. The van der Waals surface area contributed by atoms with Gasteiger partial charge in [0, 0.05) is 18.0 Å². The Morgan fingerprint density at radius 1 is 1.24 bits per heavy atom. The highest BCUT2D eigenvalue weighted by Crippen LogP contribution is 2.14. The number of carbonyl (C=O) groups excluding carboxylic acids is 1. The molecule has 0 bridgehead atoms. The summed E-state index contributed by atoms with van der Waals surface area (Å²) >= 11 is 0. The molecule has 0 heterocycles. The number of nitrogens with one attached hydrogen (secondary N) is 1. The van der Waals surface area contributed by atoms with Gasteiger partial charge in [-0.15, -0.1) is 0 Å². The highest BCUT2D eigenvalue weighted by Gasteiger charge is 2.20. The Balaban J connectivity index is 2.84. The molecule has 0 aliphatic carbocycles. The molecule has 0 aromatic heterocycles. The van der Waals surface area contributed by atoms with Crippen LogP contribution in [0.25, 0.3) is 0 Å². The maximum atomic E-state index is 12.0. The Bertz CT molecular complexity index is 622. The van der Waals surface area contributed by atoms with E-state index in [2.05, 4.69) is 5.32 Å². The smallest absolute Gasteiger partial charge is 0.323 e. The van der Waals surface area contributed by atoms with Gasteiger partial charge in [-0.2, -0.15) is 0 Å². The van der Waals surface area contributed by atoms with Crippen LogP contribution < -0.4 is 5.32 Å². The largest absolute Gasteiger partial charge is 0.480 e. The SMILES string of the molecule is CC(C)N(CC(=O)O)C(=O)Nc1ccc(S(C)(=O)=O)cc1. The van der Waals surface area contributed by atoms with Crippen molar-refractivity contribution in [2.24, 2.45) is 0 Å². The Hall–Kier alpha value is -2.09. The number of carbonyl (C=O) groups is 2. The molecular formula is C13H18N2O5S. The first-order valence-electron chi connectivity index (χ1n) is 6.21. The van der Waals surface area contributed by atoms with Crippen molar-refractivity contribution in [2.75, 3.05) is 18.1 Å². The van der Waals surface area contributed by atoms with Crippen LogP contribution in [0.4, 0.5) is 10.5 Å².